The zero-order chi connectivity index (χ0) is 26.0. The Morgan fingerprint density at radius 2 is 1.57 bits per heavy atom. The summed E-state index contributed by atoms with van der Waals surface area (Å²) in [5.41, 5.74) is 8.25. The lowest BCUT2D eigenvalue weighted by molar-refractivity contribution is -0.329. The molecule has 0 spiro atoms. The summed E-state index contributed by atoms with van der Waals surface area (Å²) in [6.45, 7) is -0.151. The highest BCUT2D eigenvalue weighted by molar-refractivity contribution is 5.69. The summed E-state index contributed by atoms with van der Waals surface area (Å²) in [6.07, 6.45) is -12.0. The van der Waals surface area contributed by atoms with Gasteiger partial charge in [0.15, 0.2) is 18.7 Å². The number of aliphatic hydroxyl groups is 5. The van der Waals surface area contributed by atoms with Gasteiger partial charge in [-0.2, -0.15) is 0 Å². The van der Waals surface area contributed by atoms with Crippen LogP contribution in [0.4, 0.5) is 0 Å². The van der Waals surface area contributed by atoms with E-state index in [1.165, 1.54) is 14.2 Å². The van der Waals surface area contributed by atoms with Crippen molar-refractivity contribution in [2.75, 3.05) is 34.0 Å². The smallest absolute Gasteiger partial charge is 0.306 e. The second-order valence-corrected chi connectivity index (χ2v) is 8.28. The van der Waals surface area contributed by atoms with E-state index in [-0.39, 0.29) is 13.0 Å². The van der Waals surface area contributed by atoms with E-state index in [9.17, 15) is 30.3 Å². The molecule has 15 nitrogen and oxygen atoms in total. The van der Waals surface area contributed by atoms with Crippen LogP contribution >= 0.6 is 0 Å². The molecule has 0 aromatic carbocycles. The number of carbonyl (C=O) groups is 1. The largest absolute Gasteiger partial charge is 0.456 e. The fraction of sp³-hybridized carbons (Fsp3) is 0.950. The van der Waals surface area contributed by atoms with Crippen LogP contribution in [-0.4, -0.2) is 127 Å². The lowest BCUT2D eigenvalue weighted by Crippen LogP contribution is -2.62. The maximum atomic E-state index is 12.2. The van der Waals surface area contributed by atoms with Gasteiger partial charge in [-0.15, -0.1) is 0 Å². The van der Waals surface area contributed by atoms with Gasteiger partial charge in [0.05, 0.1) is 13.2 Å². The van der Waals surface area contributed by atoms with Crippen LogP contribution in [0.1, 0.15) is 25.7 Å². The Balaban J connectivity index is 1.94. The first-order chi connectivity index (χ1) is 16.7. The lowest BCUT2D eigenvalue weighted by atomic mass is 9.98. The first-order valence-corrected chi connectivity index (χ1v) is 11.3. The summed E-state index contributed by atoms with van der Waals surface area (Å²) in [5.74, 6) is -0.654. The summed E-state index contributed by atoms with van der Waals surface area (Å²) in [4.78, 5) is 14.9. The molecule has 5 N–H and O–H groups in total. The van der Waals surface area contributed by atoms with Gasteiger partial charge in [-0.05, 0) is 18.4 Å². The summed E-state index contributed by atoms with van der Waals surface area (Å²) >= 11 is 0. The topological polar surface area (TPSA) is 222 Å². The molecule has 2 aliphatic rings. The Hall–Kier alpha value is -1.62. The van der Waals surface area contributed by atoms with E-state index < -0.39 is 74.0 Å². The van der Waals surface area contributed by atoms with E-state index in [0.717, 1.165) is 0 Å². The maximum Gasteiger partial charge on any atom is 0.306 e. The molecule has 2 rings (SSSR count). The van der Waals surface area contributed by atoms with Gasteiger partial charge in [-0.3, -0.25) is 4.79 Å². The summed E-state index contributed by atoms with van der Waals surface area (Å²) in [6, 6.07) is 0. The third-order valence-corrected chi connectivity index (χ3v) is 5.77. The molecule has 4 unspecified atom stereocenters. The molecule has 2 saturated heterocycles. The molecule has 202 valence electrons. The van der Waals surface area contributed by atoms with Crippen LogP contribution in [0.3, 0.4) is 0 Å². The van der Waals surface area contributed by atoms with E-state index in [1.807, 2.05) is 0 Å². The van der Waals surface area contributed by atoms with E-state index in [1.54, 1.807) is 0 Å². The van der Waals surface area contributed by atoms with Gasteiger partial charge in [-0.1, -0.05) is 11.5 Å². The fourth-order valence-electron chi connectivity index (χ4n) is 3.80. The Kier molecular flexibility index (Phi) is 12.5. The standard InChI is InChI=1S/C20H35N3O12/c1-30-8-10-13(25)15(27)16(28)20(34-10)32-9-11-14(26)18(17(29)19(31-2)33-11)35-12(24)6-4-3-5-7-22-23-21/h10-11,13-20,25-29H,3-9H2,1-2H3/t10?,11?,13-,14-,15+,16?,17?,18+,19+,20+/m1/s1. The van der Waals surface area contributed by atoms with E-state index in [0.29, 0.717) is 25.8 Å². The number of aliphatic hydroxyl groups excluding tert-OH is 5. The van der Waals surface area contributed by atoms with E-state index >= 15 is 0 Å². The normalized spacial score (nSPS) is 37.5. The Labute approximate surface area is 202 Å². The van der Waals surface area contributed by atoms with Crippen molar-refractivity contribution in [3.8, 4) is 0 Å². The monoisotopic (exact) mass is 509 g/mol. The number of nitrogens with zero attached hydrogens (tertiary/aromatic N) is 3. The summed E-state index contributed by atoms with van der Waals surface area (Å²) in [5, 5.41) is 54.8. The highest BCUT2D eigenvalue weighted by atomic mass is 16.7. The molecule has 0 amide bonds. The van der Waals surface area contributed by atoms with Crippen molar-refractivity contribution < 1.29 is 58.7 Å². The van der Waals surface area contributed by atoms with Crippen LogP contribution in [-0.2, 0) is 33.2 Å². The molecule has 0 aromatic heterocycles. The number of methoxy groups -OCH3 is 2. The van der Waals surface area contributed by atoms with Gasteiger partial charge in [0.25, 0.3) is 0 Å². The predicted molar refractivity (Wildman–Crippen MR) is 115 cm³/mol. The molecule has 0 saturated carbocycles. The number of unbranched alkanes of at least 4 members (excludes halogenated alkanes) is 2. The first-order valence-electron chi connectivity index (χ1n) is 11.3. The van der Waals surface area contributed by atoms with Crippen LogP contribution in [0.5, 0.6) is 0 Å². The molecule has 15 heteroatoms. The van der Waals surface area contributed by atoms with Gasteiger partial charge in [0, 0.05) is 32.1 Å². The zero-order valence-electron chi connectivity index (χ0n) is 19.7. The van der Waals surface area contributed by atoms with Crippen molar-refractivity contribution in [2.24, 2.45) is 5.11 Å². The molecule has 35 heavy (non-hydrogen) atoms. The molecule has 2 heterocycles. The average Bonchev–Trinajstić information content (AvgIpc) is 2.84. The lowest BCUT2D eigenvalue weighted by Gasteiger charge is -2.43. The predicted octanol–water partition coefficient (Wildman–Crippen LogP) is -1.67. The third kappa shape index (κ3) is 8.20. The molecule has 0 radical (unpaired) electrons. The quantitative estimate of drug-likeness (QED) is 0.0618. The number of hydrogen-bond donors (Lipinski definition) is 5. The molecule has 0 bridgehead atoms. The van der Waals surface area contributed by atoms with E-state index in [4.69, 9.17) is 34.0 Å². The number of carbonyl (C=O) groups excluding carboxylic acids is 1. The highest BCUT2D eigenvalue weighted by Crippen LogP contribution is 2.27. The highest BCUT2D eigenvalue weighted by Gasteiger charge is 2.49. The van der Waals surface area contributed by atoms with Crippen LogP contribution in [0.15, 0.2) is 5.11 Å². The number of azide groups is 1. The van der Waals surface area contributed by atoms with Crippen LogP contribution in [0.2, 0.25) is 0 Å². The first kappa shape index (κ1) is 29.6. The molecule has 10 atom stereocenters. The van der Waals surface area contributed by atoms with Gasteiger partial charge in [0.2, 0.25) is 0 Å². The van der Waals surface area contributed by atoms with Crippen molar-refractivity contribution in [2.45, 2.75) is 87.1 Å². The van der Waals surface area contributed by atoms with Crippen LogP contribution < -0.4 is 0 Å². The summed E-state index contributed by atoms with van der Waals surface area (Å²) in [7, 11) is 2.63. The minimum absolute atomic E-state index is 0.0229. The molecular weight excluding hydrogens is 474 g/mol. The van der Waals surface area contributed by atoms with Gasteiger partial charge < -0.3 is 54.0 Å². The van der Waals surface area contributed by atoms with Crippen molar-refractivity contribution in [3.63, 3.8) is 0 Å². The van der Waals surface area contributed by atoms with Crippen molar-refractivity contribution in [1.82, 2.24) is 0 Å². The Morgan fingerprint density at radius 1 is 0.886 bits per heavy atom. The third-order valence-electron chi connectivity index (χ3n) is 5.77. The number of ether oxygens (including phenoxy) is 6. The second-order valence-electron chi connectivity index (χ2n) is 8.28. The average molecular weight is 510 g/mol. The minimum atomic E-state index is -1.60. The van der Waals surface area contributed by atoms with E-state index in [2.05, 4.69) is 10.0 Å². The molecule has 2 aliphatic heterocycles. The minimum Gasteiger partial charge on any atom is -0.456 e. The van der Waals surface area contributed by atoms with Gasteiger partial charge in [-0.25, -0.2) is 0 Å². The van der Waals surface area contributed by atoms with Gasteiger partial charge in [0.1, 0.15) is 42.7 Å². The Bertz CT molecular complexity index is 696. The number of esters is 1. The Morgan fingerprint density at radius 3 is 2.23 bits per heavy atom. The van der Waals surface area contributed by atoms with Crippen LogP contribution in [0, 0.1) is 0 Å². The number of rotatable bonds is 13. The van der Waals surface area contributed by atoms with Crippen molar-refractivity contribution >= 4 is 5.97 Å². The van der Waals surface area contributed by atoms with Crippen LogP contribution in [0.25, 0.3) is 10.4 Å². The summed E-state index contributed by atoms with van der Waals surface area (Å²) < 4.78 is 31.8. The molecule has 2 fully saturated rings. The van der Waals surface area contributed by atoms with Crippen molar-refractivity contribution in [1.29, 1.82) is 0 Å². The fourth-order valence-corrected chi connectivity index (χ4v) is 3.80. The zero-order valence-corrected chi connectivity index (χ0v) is 19.7. The maximum absolute atomic E-state index is 12.2. The number of hydrogen-bond acceptors (Lipinski definition) is 13. The van der Waals surface area contributed by atoms with Crippen molar-refractivity contribution in [3.05, 3.63) is 10.4 Å². The molecule has 0 aromatic rings. The van der Waals surface area contributed by atoms with Gasteiger partial charge >= 0.3 is 5.97 Å². The second kappa shape index (κ2) is 14.8. The molecular formula is C20H35N3O12. The molecule has 0 aliphatic carbocycles. The SMILES string of the molecule is COCC1O[C@H](OCC2O[C@H](OC)C(O)[C@@H](OC(=O)CCCCCN=[N+]=[N-])[C@@H]2O)C(O)[C@@H](O)[C@@H]1O.